The number of carbonyl (C=O) groups is 2. The fraction of sp³-hybridized carbons (Fsp3) is 0.381. The van der Waals surface area contributed by atoms with Gasteiger partial charge in [0.25, 0.3) is 0 Å². The summed E-state index contributed by atoms with van der Waals surface area (Å²) in [6.45, 7) is 6.62. The molecule has 6 nitrogen and oxygen atoms in total. The van der Waals surface area contributed by atoms with E-state index < -0.39 is 18.1 Å². The summed E-state index contributed by atoms with van der Waals surface area (Å²) in [6.07, 6.45) is 6.79. The third-order valence-electron chi connectivity index (χ3n) is 9.94. The lowest BCUT2D eigenvalue weighted by molar-refractivity contribution is -0.145. The van der Waals surface area contributed by atoms with Crippen LogP contribution in [0.4, 0.5) is 0 Å². The van der Waals surface area contributed by atoms with Crippen molar-refractivity contribution in [3.05, 3.63) is 119 Å². The standard InChI is InChI=1S/C42H48N2O4/c1-42(2,3)33-19-22-34(23-20-33)48-35-21-18-32-26-38(43-37(36(32)27-35)24-28-10-8-9-11-28)40(45)44-39(41(46)47-4)25-29-14-16-31(17-15-29)30-12-6-5-7-13-30/h5-7,12-23,27-28,37-39,43H,8-11,24-26H2,1-4H3,(H,44,45)/t37?,38?,39-/m0/s1. The van der Waals surface area contributed by atoms with Crippen molar-refractivity contribution < 1.29 is 19.1 Å². The van der Waals surface area contributed by atoms with Gasteiger partial charge >= 0.3 is 5.97 Å². The number of nitrogens with one attached hydrogen (secondary N) is 2. The Kier molecular flexibility index (Phi) is 10.3. The highest BCUT2D eigenvalue weighted by Gasteiger charge is 2.34. The van der Waals surface area contributed by atoms with Gasteiger partial charge in [-0.2, -0.15) is 0 Å². The number of fused-ring (bicyclic) bond motifs is 1. The van der Waals surface area contributed by atoms with Crippen LogP contribution in [0.25, 0.3) is 11.1 Å². The Bertz CT molecular complexity index is 1690. The molecule has 4 aromatic rings. The second-order valence-electron chi connectivity index (χ2n) is 14.5. The zero-order valence-electron chi connectivity index (χ0n) is 28.6. The van der Waals surface area contributed by atoms with Crippen LogP contribution in [0.3, 0.4) is 0 Å². The lowest BCUT2D eigenvalue weighted by Gasteiger charge is -2.35. The summed E-state index contributed by atoms with van der Waals surface area (Å²) in [6, 6.07) is 31.6. The Morgan fingerprint density at radius 3 is 2.19 bits per heavy atom. The van der Waals surface area contributed by atoms with Gasteiger partial charge in [0.1, 0.15) is 17.5 Å². The average Bonchev–Trinajstić information content (AvgIpc) is 3.61. The molecule has 1 aliphatic heterocycles. The number of carbonyl (C=O) groups excluding carboxylic acids is 2. The molecule has 0 radical (unpaired) electrons. The molecule has 1 heterocycles. The van der Waals surface area contributed by atoms with Crippen molar-refractivity contribution >= 4 is 11.9 Å². The third-order valence-corrected chi connectivity index (χ3v) is 9.94. The lowest BCUT2D eigenvalue weighted by Crippen LogP contribution is -2.54. The summed E-state index contributed by atoms with van der Waals surface area (Å²) < 4.78 is 11.5. The number of hydrogen-bond donors (Lipinski definition) is 2. The van der Waals surface area contributed by atoms with Crippen molar-refractivity contribution in [1.29, 1.82) is 0 Å². The molecule has 1 amide bonds. The van der Waals surface area contributed by atoms with Crippen LogP contribution in [0.15, 0.2) is 97.1 Å². The Morgan fingerprint density at radius 2 is 1.52 bits per heavy atom. The molecule has 2 N–H and O–H groups in total. The maximum atomic E-state index is 13.9. The van der Waals surface area contributed by atoms with Gasteiger partial charge < -0.3 is 14.8 Å². The van der Waals surface area contributed by atoms with E-state index in [1.54, 1.807) is 0 Å². The molecule has 0 spiro atoms. The molecule has 250 valence electrons. The molecule has 6 rings (SSSR count). The van der Waals surface area contributed by atoms with E-state index in [-0.39, 0.29) is 17.4 Å². The summed E-state index contributed by atoms with van der Waals surface area (Å²) in [4.78, 5) is 26.8. The zero-order valence-corrected chi connectivity index (χ0v) is 28.6. The molecular formula is C42H48N2O4. The molecule has 48 heavy (non-hydrogen) atoms. The van der Waals surface area contributed by atoms with Gasteiger partial charge in [-0.05, 0) is 81.8 Å². The summed E-state index contributed by atoms with van der Waals surface area (Å²) in [5.41, 5.74) is 6.86. The molecule has 6 heteroatoms. The van der Waals surface area contributed by atoms with Crippen molar-refractivity contribution in [3.63, 3.8) is 0 Å². The van der Waals surface area contributed by atoms with Gasteiger partial charge in [-0.25, -0.2) is 4.79 Å². The number of rotatable bonds is 10. The topological polar surface area (TPSA) is 76.7 Å². The van der Waals surface area contributed by atoms with Gasteiger partial charge in [0.2, 0.25) is 5.91 Å². The van der Waals surface area contributed by atoms with Crippen LogP contribution < -0.4 is 15.4 Å². The van der Waals surface area contributed by atoms with Gasteiger partial charge in [-0.15, -0.1) is 0 Å². The minimum absolute atomic E-state index is 0.0153. The monoisotopic (exact) mass is 644 g/mol. The normalized spacial score (nSPS) is 18.5. The van der Waals surface area contributed by atoms with Gasteiger partial charge in [0.15, 0.2) is 0 Å². The number of methoxy groups -OCH3 is 1. The average molecular weight is 645 g/mol. The molecule has 3 atom stereocenters. The second-order valence-corrected chi connectivity index (χ2v) is 14.5. The highest BCUT2D eigenvalue weighted by Crippen LogP contribution is 2.38. The van der Waals surface area contributed by atoms with E-state index in [1.807, 2.05) is 60.7 Å². The van der Waals surface area contributed by atoms with E-state index in [4.69, 9.17) is 9.47 Å². The predicted octanol–water partition coefficient (Wildman–Crippen LogP) is 8.48. The van der Waals surface area contributed by atoms with Gasteiger partial charge in [-0.3, -0.25) is 10.1 Å². The number of benzene rings is 4. The maximum Gasteiger partial charge on any atom is 0.328 e. The summed E-state index contributed by atoms with van der Waals surface area (Å²) >= 11 is 0. The summed E-state index contributed by atoms with van der Waals surface area (Å²) in [7, 11) is 1.37. The molecule has 0 bridgehead atoms. The van der Waals surface area contributed by atoms with E-state index in [1.165, 1.54) is 43.9 Å². The molecule has 1 saturated carbocycles. The minimum Gasteiger partial charge on any atom is -0.467 e. The number of amides is 1. The minimum atomic E-state index is -0.790. The molecule has 0 saturated heterocycles. The van der Waals surface area contributed by atoms with Crippen molar-refractivity contribution in [2.75, 3.05) is 7.11 Å². The Labute approximate surface area is 285 Å². The smallest absolute Gasteiger partial charge is 0.328 e. The van der Waals surface area contributed by atoms with Crippen molar-refractivity contribution in [3.8, 4) is 22.6 Å². The first kappa shape index (κ1) is 33.5. The van der Waals surface area contributed by atoms with E-state index in [0.29, 0.717) is 18.8 Å². The number of ether oxygens (including phenoxy) is 2. The first-order chi connectivity index (χ1) is 23.2. The molecule has 0 aromatic heterocycles. The van der Waals surface area contributed by atoms with Crippen LogP contribution in [0.1, 0.15) is 81.2 Å². The molecule has 4 aromatic carbocycles. The van der Waals surface area contributed by atoms with E-state index >= 15 is 0 Å². The SMILES string of the molecule is COC(=O)[C@H](Cc1ccc(-c2ccccc2)cc1)NC(=O)C1Cc2ccc(Oc3ccc(C(C)(C)C)cc3)cc2C(CC2CCCC2)N1. The summed E-state index contributed by atoms with van der Waals surface area (Å²) in [5, 5.41) is 6.72. The Hall–Kier alpha value is -4.42. The Balaban J connectivity index is 1.17. The van der Waals surface area contributed by atoms with Gasteiger partial charge in [-0.1, -0.05) is 119 Å². The molecule has 1 aliphatic carbocycles. The summed E-state index contributed by atoms with van der Waals surface area (Å²) in [5.74, 6) is 1.58. The molecule has 2 unspecified atom stereocenters. The zero-order chi connectivity index (χ0) is 33.7. The van der Waals surface area contributed by atoms with Crippen LogP contribution in [0, 0.1) is 5.92 Å². The van der Waals surface area contributed by atoms with Crippen LogP contribution in [-0.4, -0.2) is 31.1 Å². The van der Waals surface area contributed by atoms with Crippen LogP contribution in [0.5, 0.6) is 11.5 Å². The predicted molar refractivity (Wildman–Crippen MR) is 191 cm³/mol. The lowest BCUT2D eigenvalue weighted by atomic mass is 9.84. The van der Waals surface area contributed by atoms with Crippen LogP contribution in [0.2, 0.25) is 0 Å². The first-order valence-corrected chi connectivity index (χ1v) is 17.4. The fourth-order valence-corrected chi connectivity index (χ4v) is 7.17. The molecule has 2 aliphatic rings. The molecule has 1 fully saturated rings. The Morgan fingerprint density at radius 1 is 0.854 bits per heavy atom. The van der Waals surface area contributed by atoms with Crippen LogP contribution in [-0.2, 0) is 32.6 Å². The highest BCUT2D eigenvalue weighted by atomic mass is 16.5. The van der Waals surface area contributed by atoms with Crippen molar-refractivity contribution in [1.82, 2.24) is 10.6 Å². The van der Waals surface area contributed by atoms with Crippen LogP contribution >= 0.6 is 0 Å². The van der Waals surface area contributed by atoms with Crippen molar-refractivity contribution in [2.24, 2.45) is 5.92 Å². The highest BCUT2D eigenvalue weighted by molar-refractivity contribution is 5.88. The van der Waals surface area contributed by atoms with E-state index in [0.717, 1.165) is 40.2 Å². The fourth-order valence-electron chi connectivity index (χ4n) is 7.17. The first-order valence-electron chi connectivity index (χ1n) is 17.4. The van der Waals surface area contributed by atoms with Gasteiger partial charge in [0, 0.05) is 12.5 Å². The van der Waals surface area contributed by atoms with Crippen molar-refractivity contribution in [2.45, 2.75) is 89.3 Å². The second kappa shape index (κ2) is 14.8. The van der Waals surface area contributed by atoms with E-state index in [2.05, 4.69) is 67.8 Å². The third kappa shape index (κ3) is 8.16. The van der Waals surface area contributed by atoms with E-state index in [9.17, 15) is 9.59 Å². The van der Waals surface area contributed by atoms with Gasteiger partial charge in [0.05, 0.1) is 13.2 Å². The quantitative estimate of drug-likeness (QED) is 0.169. The number of esters is 1. The molecular weight excluding hydrogens is 596 g/mol. The number of hydrogen-bond acceptors (Lipinski definition) is 5. The largest absolute Gasteiger partial charge is 0.467 e. The maximum absolute atomic E-state index is 13.9.